The first kappa shape index (κ1) is 26.1. The number of hydrogen-bond acceptors (Lipinski definition) is 7. The van der Waals surface area contributed by atoms with Crippen LogP contribution in [0.15, 0.2) is 60.0 Å². The van der Waals surface area contributed by atoms with Crippen LogP contribution in [0.4, 0.5) is 20.6 Å². The second-order valence-electron chi connectivity index (χ2n) is 10.4. The Morgan fingerprint density at radius 1 is 1.10 bits per heavy atom. The van der Waals surface area contributed by atoms with Gasteiger partial charge in [0.15, 0.2) is 5.06 Å². The average Bonchev–Trinajstić information content (AvgIpc) is 3.29. The van der Waals surface area contributed by atoms with Crippen molar-refractivity contribution in [2.24, 2.45) is 17.8 Å². The SMILES string of the molecule is CCOc1ccc(CN2CC3C(C2)C3CN(C(=O)Oc2cccs2)c2ccc(N3CCOCC3)c(F)c2)cc1. The van der Waals surface area contributed by atoms with Crippen molar-refractivity contribution < 1.29 is 23.4 Å². The highest BCUT2D eigenvalue weighted by Crippen LogP contribution is 2.52. The topological polar surface area (TPSA) is 54.5 Å². The van der Waals surface area contributed by atoms with Gasteiger partial charge in [-0.15, -0.1) is 11.3 Å². The zero-order chi connectivity index (χ0) is 26.8. The minimum atomic E-state index is -0.466. The molecule has 0 N–H and O–H groups in total. The number of hydrogen-bond donors (Lipinski definition) is 0. The molecule has 206 valence electrons. The summed E-state index contributed by atoms with van der Waals surface area (Å²) in [5, 5.41) is 2.40. The highest BCUT2D eigenvalue weighted by Gasteiger charge is 2.56. The van der Waals surface area contributed by atoms with E-state index in [-0.39, 0.29) is 5.82 Å². The van der Waals surface area contributed by atoms with Crippen molar-refractivity contribution in [2.45, 2.75) is 13.5 Å². The van der Waals surface area contributed by atoms with E-state index in [0.717, 1.165) is 25.4 Å². The van der Waals surface area contributed by atoms with E-state index in [1.165, 1.54) is 23.0 Å². The van der Waals surface area contributed by atoms with Crippen molar-refractivity contribution in [1.29, 1.82) is 0 Å². The van der Waals surface area contributed by atoms with Crippen molar-refractivity contribution in [3.8, 4) is 10.8 Å². The maximum absolute atomic E-state index is 15.3. The molecule has 3 aromatic rings. The van der Waals surface area contributed by atoms with Crippen LogP contribution in [0.25, 0.3) is 0 Å². The van der Waals surface area contributed by atoms with Crippen LogP contribution in [0.3, 0.4) is 0 Å². The molecule has 9 heteroatoms. The lowest BCUT2D eigenvalue weighted by molar-refractivity contribution is 0.122. The summed E-state index contributed by atoms with van der Waals surface area (Å²) in [7, 11) is 0. The summed E-state index contributed by atoms with van der Waals surface area (Å²) >= 11 is 1.37. The highest BCUT2D eigenvalue weighted by atomic mass is 32.1. The number of carbonyl (C=O) groups is 1. The molecule has 1 amide bonds. The van der Waals surface area contributed by atoms with Gasteiger partial charge in [-0.1, -0.05) is 12.1 Å². The van der Waals surface area contributed by atoms with Crippen LogP contribution in [0, 0.1) is 23.6 Å². The van der Waals surface area contributed by atoms with Crippen LogP contribution >= 0.6 is 11.3 Å². The molecule has 2 unspecified atom stereocenters. The lowest BCUT2D eigenvalue weighted by Gasteiger charge is -2.30. The second-order valence-corrected chi connectivity index (χ2v) is 11.3. The Morgan fingerprint density at radius 3 is 2.54 bits per heavy atom. The van der Waals surface area contributed by atoms with Crippen LogP contribution in [0.2, 0.25) is 0 Å². The van der Waals surface area contributed by atoms with Crippen molar-refractivity contribution in [3.05, 3.63) is 71.4 Å². The van der Waals surface area contributed by atoms with E-state index in [9.17, 15) is 4.79 Å². The Labute approximate surface area is 232 Å². The summed E-state index contributed by atoms with van der Waals surface area (Å²) < 4.78 is 31.9. The Bertz CT molecular complexity index is 1250. The minimum Gasteiger partial charge on any atom is -0.494 e. The number of carbonyl (C=O) groups excluding carboxylic acids is 1. The number of benzene rings is 2. The van der Waals surface area contributed by atoms with E-state index in [4.69, 9.17) is 14.2 Å². The molecule has 2 aliphatic heterocycles. The summed E-state index contributed by atoms with van der Waals surface area (Å²) in [5.74, 6) is 2.00. The molecule has 1 aromatic heterocycles. The molecule has 39 heavy (non-hydrogen) atoms. The number of likely N-dealkylation sites (tertiary alicyclic amines) is 1. The van der Waals surface area contributed by atoms with Gasteiger partial charge in [-0.2, -0.15) is 0 Å². The zero-order valence-electron chi connectivity index (χ0n) is 22.1. The van der Waals surface area contributed by atoms with Gasteiger partial charge in [-0.3, -0.25) is 9.80 Å². The quantitative estimate of drug-likeness (QED) is 0.350. The van der Waals surface area contributed by atoms with Crippen molar-refractivity contribution >= 4 is 28.8 Å². The molecule has 7 nitrogen and oxygen atoms in total. The number of halogens is 1. The van der Waals surface area contributed by atoms with E-state index in [0.29, 0.717) is 73.6 Å². The number of rotatable bonds is 9. The number of anilines is 2. The van der Waals surface area contributed by atoms with Crippen molar-refractivity contribution in [1.82, 2.24) is 4.90 Å². The predicted octanol–water partition coefficient (Wildman–Crippen LogP) is 5.51. The summed E-state index contributed by atoms with van der Waals surface area (Å²) in [6.07, 6.45) is -0.466. The zero-order valence-corrected chi connectivity index (χ0v) is 22.9. The van der Waals surface area contributed by atoms with E-state index in [1.807, 2.05) is 41.5 Å². The first-order valence-electron chi connectivity index (χ1n) is 13.7. The third-order valence-electron chi connectivity index (χ3n) is 7.98. The van der Waals surface area contributed by atoms with Gasteiger partial charge in [-0.25, -0.2) is 9.18 Å². The third-order valence-corrected chi connectivity index (χ3v) is 8.72. The van der Waals surface area contributed by atoms with Gasteiger partial charge in [0.25, 0.3) is 0 Å². The molecular weight excluding hydrogens is 517 g/mol. The first-order valence-corrected chi connectivity index (χ1v) is 14.6. The Morgan fingerprint density at radius 2 is 1.87 bits per heavy atom. The lowest BCUT2D eigenvalue weighted by Crippen LogP contribution is -2.38. The fourth-order valence-electron chi connectivity index (χ4n) is 5.94. The normalized spacial score (nSPS) is 22.4. The lowest BCUT2D eigenvalue weighted by atomic mass is 10.1. The van der Waals surface area contributed by atoms with E-state index in [2.05, 4.69) is 17.0 Å². The maximum Gasteiger partial charge on any atom is 0.420 e. The summed E-state index contributed by atoms with van der Waals surface area (Å²) in [4.78, 5) is 19.4. The van der Waals surface area contributed by atoms with Crippen LogP contribution in [-0.4, -0.2) is 63.5 Å². The Balaban J connectivity index is 1.12. The second kappa shape index (κ2) is 11.5. The molecule has 0 radical (unpaired) electrons. The summed E-state index contributed by atoms with van der Waals surface area (Å²) in [5.41, 5.74) is 2.34. The van der Waals surface area contributed by atoms with Gasteiger partial charge in [0.05, 0.1) is 31.2 Å². The number of thiophene rings is 1. The average molecular weight is 552 g/mol. The standard InChI is InChI=1S/C30H34FN3O4S/c1-2-37-23-8-5-21(6-9-23)17-32-18-24-25(19-32)26(24)20-34(30(35)38-29-4-3-15-39-29)22-7-10-28(27(31)16-22)33-11-13-36-14-12-33/h3-10,15-16,24-26H,2,11-14,17-20H2,1H3. The molecule has 3 fully saturated rings. The van der Waals surface area contributed by atoms with E-state index < -0.39 is 6.09 Å². The molecule has 2 atom stereocenters. The largest absolute Gasteiger partial charge is 0.494 e. The van der Waals surface area contributed by atoms with Crippen LogP contribution in [-0.2, 0) is 11.3 Å². The fourth-order valence-corrected chi connectivity index (χ4v) is 6.50. The van der Waals surface area contributed by atoms with Gasteiger partial charge in [0.1, 0.15) is 11.6 Å². The first-order chi connectivity index (χ1) is 19.1. The molecule has 2 aromatic carbocycles. The maximum atomic E-state index is 15.3. The van der Waals surface area contributed by atoms with Gasteiger partial charge >= 0.3 is 6.09 Å². The summed E-state index contributed by atoms with van der Waals surface area (Å²) in [6, 6.07) is 17.0. The van der Waals surface area contributed by atoms with Crippen LogP contribution < -0.4 is 19.3 Å². The molecular formula is C30H34FN3O4S. The van der Waals surface area contributed by atoms with E-state index in [1.54, 1.807) is 17.0 Å². The van der Waals surface area contributed by atoms with Crippen LogP contribution in [0.5, 0.6) is 10.8 Å². The predicted molar refractivity (Wildman–Crippen MR) is 150 cm³/mol. The number of fused-ring (bicyclic) bond motifs is 1. The molecule has 6 rings (SSSR count). The Hall–Kier alpha value is -3.14. The summed E-state index contributed by atoms with van der Waals surface area (Å²) in [6.45, 7) is 8.55. The Kier molecular flexibility index (Phi) is 7.72. The monoisotopic (exact) mass is 551 g/mol. The molecule has 1 aliphatic carbocycles. The van der Waals surface area contributed by atoms with Crippen molar-refractivity contribution in [3.63, 3.8) is 0 Å². The van der Waals surface area contributed by atoms with Crippen molar-refractivity contribution in [2.75, 3.05) is 62.3 Å². The third kappa shape index (κ3) is 5.90. The van der Waals surface area contributed by atoms with Gasteiger partial charge in [0.2, 0.25) is 0 Å². The number of ether oxygens (including phenoxy) is 3. The molecule has 3 heterocycles. The molecule has 2 saturated heterocycles. The van der Waals surface area contributed by atoms with Gasteiger partial charge in [-0.05, 0) is 78.1 Å². The fraction of sp³-hybridized carbons (Fsp3) is 0.433. The minimum absolute atomic E-state index is 0.333. The highest BCUT2D eigenvalue weighted by molar-refractivity contribution is 7.11. The van der Waals surface area contributed by atoms with Gasteiger partial charge < -0.3 is 19.1 Å². The number of nitrogens with zero attached hydrogens (tertiary/aromatic N) is 3. The molecule has 3 aliphatic rings. The molecule has 0 bridgehead atoms. The molecule has 0 spiro atoms. The van der Waals surface area contributed by atoms with Gasteiger partial charge in [0, 0.05) is 39.3 Å². The number of morpholine rings is 1. The smallest absolute Gasteiger partial charge is 0.420 e. The number of amides is 1. The van der Waals surface area contributed by atoms with E-state index >= 15 is 4.39 Å². The van der Waals surface area contributed by atoms with Crippen LogP contribution in [0.1, 0.15) is 12.5 Å². The number of piperidine rings is 1. The molecule has 1 saturated carbocycles.